The number of nitrogens with zero attached hydrogens (tertiary/aromatic N) is 1. The fraction of sp³-hybridized carbons (Fsp3) is 0.211. The van der Waals surface area contributed by atoms with Gasteiger partial charge in [0.2, 0.25) is 0 Å². The molecule has 6 nitrogen and oxygen atoms in total. The van der Waals surface area contributed by atoms with E-state index in [1.54, 1.807) is 23.1 Å². The molecule has 2 amide bonds. The van der Waals surface area contributed by atoms with E-state index in [-0.39, 0.29) is 16.6 Å². The molecule has 0 unspecified atom stereocenters. The van der Waals surface area contributed by atoms with E-state index < -0.39 is 11.7 Å². The molecule has 2 aromatic carbocycles. The number of anilines is 1. The van der Waals surface area contributed by atoms with Crippen LogP contribution in [-0.2, 0) is 4.74 Å². The van der Waals surface area contributed by atoms with Gasteiger partial charge >= 0.3 is 0 Å². The van der Waals surface area contributed by atoms with E-state index in [1.165, 1.54) is 24.3 Å². The Morgan fingerprint density at radius 2 is 1.71 bits per heavy atom. The lowest BCUT2D eigenvalue weighted by Gasteiger charge is -2.27. The molecule has 0 aromatic heterocycles. The number of ether oxygens (including phenoxy) is 1. The van der Waals surface area contributed by atoms with Crippen LogP contribution in [0.15, 0.2) is 42.5 Å². The fourth-order valence-electron chi connectivity index (χ4n) is 2.63. The molecule has 0 spiro atoms. The molecule has 2 N–H and O–H groups in total. The van der Waals surface area contributed by atoms with Crippen molar-refractivity contribution in [3.05, 3.63) is 64.4 Å². The monoisotopic (exact) mass is 421 g/mol. The maximum Gasteiger partial charge on any atom is 0.257 e. The second-order valence-corrected chi connectivity index (χ2v) is 6.83. The standard InChI is InChI=1S/C19H17ClFN3O3S/c20-15-6-3-13(18(26)24-7-9-27-10-8-24)11-16(15)22-19(28)23-17(25)12-1-4-14(21)5-2-12/h1-6,11H,7-10H2,(H2,22,23,25,28). The summed E-state index contributed by atoms with van der Waals surface area (Å²) in [7, 11) is 0. The van der Waals surface area contributed by atoms with Gasteiger partial charge in [0.25, 0.3) is 11.8 Å². The minimum Gasteiger partial charge on any atom is -0.378 e. The molecule has 0 saturated carbocycles. The molecule has 2 aromatic rings. The van der Waals surface area contributed by atoms with Crippen molar-refractivity contribution < 1.29 is 18.7 Å². The maximum absolute atomic E-state index is 13.0. The minimum absolute atomic E-state index is 0.00666. The average Bonchev–Trinajstić information content (AvgIpc) is 2.70. The van der Waals surface area contributed by atoms with Crippen molar-refractivity contribution in [1.82, 2.24) is 10.2 Å². The molecular formula is C19H17ClFN3O3S. The number of hydrogen-bond donors (Lipinski definition) is 2. The lowest BCUT2D eigenvalue weighted by Crippen LogP contribution is -2.40. The number of hydrogen-bond acceptors (Lipinski definition) is 4. The molecule has 0 bridgehead atoms. The van der Waals surface area contributed by atoms with Crippen LogP contribution >= 0.6 is 23.8 Å². The summed E-state index contributed by atoms with van der Waals surface area (Å²) in [5.41, 5.74) is 1.10. The summed E-state index contributed by atoms with van der Waals surface area (Å²) in [6.45, 7) is 2.06. The summed E-state index contributed by atoms with van der Waals surface area (Å²) >= 11 is 11.3. The van der Waals surface area contributed by atoms with Crippen LogP contribution in [0.5, 0.6) is 0 Å². The van der Waals surface area contributed by atoms with Gasteiger partial charge in [0.1, 0.15) is 5.82 Å². The molecule has 9 heteroatoms. The highest BCUT2D eigenvalue weighted by Crippen LogP contribution is 2.24. The average molecular weight is 422 g/mol. The number of morpholine rings is 1. The molecule has 0 atom stereocenters. The topological polar surface area (TPSA) is 70.7 Å². The van der Waals surface area contributed by atoms with Crippen molar-refractivity contribution in [2.24, 2.45) is 0 Å². The fourth-order valence-corrected chi connectivity index (χ4v) is 3.00. The van der Waals surface area contributed by atoms with E-state index in [1.807, 2.05) is 0 Å². The van der Waals surface area contributed by atoms with Gasteiger partial charge in [0, 0.05) is 24.2 Å². The first-order valence-corrected chi connectivity index (χ1v) is 9.27. The quantitative estimate of drug-likeness (QED) is 0.745. The van der Waals surface area contributed by atoms with Crippen LogP contribution in [0.2, 0.25) is 5.02 Å². The van der Waals surface area contributed by atoms with Crippen LogP contribution in [0.3, 0.4) is 0 Å². The Hall–Kier alpha value is -2.55. The molecular weight excluding hydrogens is 405 g/mol. The summed E-state index contributed by atoms with van der Waals surface area (Å²) in [6, 6.07) is 9.86. The van der Waals surface area contributed by atoms with Crippen molar-refractivity contribution in [2.75, 3.05) is 31.6 Å². The molecule has 1 fully saturated rings. The molecule has 0 radical (unpaired) electrons. The predicted octanol–water partition coefficient (Wildman–Crippen LogP) is 3.08. The normalized spacial score (nSPS) is 13.7. The van der Waals surface area contributed by atoms with Gasteiger partial charge in [0.15, 0.2) is 5.11 Å². The number of rotatable bonds is 3. The molecule has 28 heavy (non-hydrogen) atoms. The summed E-state index contributed by atoms with van der Waals surface area (Å²) in [5, 5.41) is 5.66. The predicted molar refractivity (Wildman–Crippen MR) is 108 cm³/mol. The highest BCUT2D eigenvalue weighted by atomic mass is 35.5. The number of thiocarbonyl (C=S) groups is 1. The van der Waals surface area contributed by atoms with Crippen LogP contribution < -0.4 is 10.6 Å². The van der Waals surface area contributed by atoms with E-state index in [4.69, 9.17) is 28.6 Å². The van der Waals surface area contributed by atoms with Gasteiger partial charge in [-0.15, -0.1) is 0 Å². The smallest absolute Gasteiger partial charge is 0.257 e. The van der Waals surface area contributed by atoms with Crippen molar-refractivity contribution in [3.63, 3.8) is 0 Å². The van der Waals surface area contributed by atoms with Gasteiger partial charge < -0.3 is 15.0 Å². The molecule has 146 valence electrons. The minimum atomic E-state index is -0.492. The van der Waals surface area contributed by atoms with Crippen molar-refractivity contribution in [1.29, 1.82) is 0 Å². The zero-order valence-corrected chi connectivity index (χ0v) is 16.3. The van der Waals surface area contributed by atoms with E-state index in [2.05, 4.69) is 10.6 Å². The van der Waals surface area contributed by atoms with E-state index in [0.29, 0.717) is 42.6 Å². The van der Waals surface area contributed by atoms with Crippen molar-refractivity contribution >= 4 is 46.4 Å². The van der Waals surface area contributed by atoms with Gasteiger partial charge in [-0.05, 0) is 54.7 Å². The van der Waals surface area contributed by atoms with Crippen LogP contribution in [0.1, 0.15) is 20.7 Å². The Labute approximate surface area is 171 Å². The number of carbonyl (C=O) groups excluding carboxylic acids is 2. The third-order valence-electron chi connectivity index (χ3n) is 4.09. The third kappa shape index (κ3) is 5.03. The van der Waals surface area contributed by atoms with Crippen LogP contribution in [0, 0.1) is 5.82 Å². The summed E-state index contributed by atoms with van der Waals surface area (Å²) in [4.78, 5) is 26.5. The molecule has 1 heterocycles. The molecule has 1 aliphatic heterocycles. The van der Waals surface area contributed by atoms with Gasteiger partial charge in [-0.1, -0.05) is 11.6 Å². The van der Waals surface area contributed by atoms with Crippen molar-refractivity contribution in [3.8, 4) is 0 Å². The van der Waals surface area contributed by atoms with Crippen LogP contribution in [0.4, 0.5) is 10.1 Å². The van der Waals surface area contributed by atoms with Gasteiger partial charge in [0.05, 0.1) is 23.9 Å². The summed E-state index contributed by atoms with van der Waals surface area (Å²) < 4.78 is 18.2. The number of benzene rings is 2. The number of nitrogens with one attached hydrogen (secondary N) is 2. The van der Waals surface area contributed by atoms with Crippen LogP contribution in [0.25, 0.3) is 0 Å². The SMILES string of the molecule is O=C(NC(=S)Nc1cc(C(=O)N2CCOCC2)ccc1Cl)c1ccc(F)cc1. The highest BCUT2D eigenvalue weighted by molar-refractivity contribution is 7.80. The number of halogens is 2. The lowest BCUT2D eigenvalue weighted by molar-refractivity contribution is 0.0303. The summed E-state index contributed by atoms with van der Waals surface area (Å²) in [6.07, 6.45) is 0. The second kappa shape index (κ2) is 9.09. The number of carbonyl (C=O) groups is 2. The first kappa shape index (κ1) is 20.2. The van der Waals surface area contributed by atoms with Gasteiger partial charge in [-0.2, -0.15) is 0 Å². The van der Waals surface area contributed by atoms with E-state index in [9.17, 15) is 14.0 Å². The molecule has 0 aliphatic carbocycles. The Kier molecular flexibility index (Phi) is 6.56. The Morgan fingerprint density at radius 3 is 2.39 bits per heavy atom. The van der Waals surface area contributed by atoms with Crippen molar-refractivity contribution in [2.45, 2.75) is 0 Å². The first-order valence-electron chi connectivity index (χ1n) is 8.48. The second-order valence-electron chi connectivity index (χ2n) is 6.01. The summed E-state index contributed by atoms with van der Waals surface area (Å²) in [5.74, 6) is -1.07. The lowest BCUT2D eigenvalue weighted by atomic mass is 10.1. The Balaban J connectivity index is 1.67. The van der Waals surface area contributed by atoms with E-state index in [0.717, 1.165) is 0 Å². The van der Waals surface area contributed by atoms with Gasteiger partial charge in [-0.25, -0.2) is 4.39 Å². The maximum atomic E-state index is 13.0. The van der Waals surface area contributed by atoms with Crippen LogP contribution in [-0.4, -0.2) is 48.1 Å². The largest absolute Gasteiger partial charge is 0.378 e. The molecule has 1 saturated heterocycles. The Bertz CT molecular complexity index is 902. The molecule has 1 aliphatic rings. The van der Waals surface area contributed by atoms with E-state index >= 15 is 0 Å². The first-order chi connectivity index (χ1) is 13.4. The Morgan fingerprint density at radius 1 is 1.07 bits per heavy atom. The highest BCUT2D eigenvalue weighted by Gasteiger charge is 2.19. The van der Waals surface area contributed by atoms with Gasteiger partial charge in [-0.3, -0.25) is 14.9 Å². The zero-order chi connectivity index (χ0) is 20.1. The zero-order valence-electron chi connectivity index (χ0n) is 14.7. The number of amides is 2. The third-order valence-corrected chi connectivity index (χ3v) is 4.63. The molecule has 3 rings (SSSR count).